The lowest BCUT2D eigenvalue weighted by Crippen LogP contribution is -2.53. The second kappa shape index (κ2) is 10.5. The average molecular weight is 537 g/mol. The van der Waals surface area contributed by atoms with E-state index in [2.05, 4.69) is 27.7 Å². The van der Waals surface area contributed by atoms with E-state index in [0.717, 1.165) is 55.7 Å². The first kappa shape index (κ1) is 25.8. The van der Waals surface area contributed by atoms with Crippen LogP contribution in [0, 0.1) is 5.92 Å². The van der Waals surface area contributed by atoms with Crippen molar-refractivity contribution >= 4 is 40.7 Å². The van der Waals surface area contributed by atoms with Crippen LogP contribution in [0.2, 0.25) is 10.0 Å². The van der Waals surface area contributed by atoms with Gasteiger partial charge in [0.25, 0.3) is 0 Å². The summed E-state index contributed by atoms with van der Waals surface area (Å²) in [7, 11) is 0. The van der Waals surface area contributed by atoms with Gasteiger partial charge in [-0.1, -0.05) is 77.8 Å². The highest BCUT2D eigenvalue weighted by Gasteiger charge is 2.61. The first-order chi connectivity index (χ1) is 17.8. The topological polar surface area (TPSA) is 61.4 Å². The number of para-hydroxylation sites is 1. The second-order valence-corrected chi connectivity index (χ2v) is 11.1. The highest BCUT2D eigenvalue weighted by Crippen LogP contribution is 2.56. The number of nitrogens with one attached hydrogen (secondary N) is 2. The molecule has 1 saturated carbocycles. The van der Waals surface area contributed by atoms with Crippen LogP contribution in [0.4, 0.5) is 5.69 Å². The smallest absolute Gasteiger partial charge is 0.235 e. The molecule has 2 aliphatic rings. The van der Waals surface area contributed by atoms with E-state index in [1.807, 2.05) is 60.7 Å². The van der Waals surface area contributed by atoms with Crippen LogP contribution in [-0.2, 0) is 20.5 Å². The number of carbonyl (C=O) groups excluding carboxylic acids is 2. The molecular weight excluding hydrogens is 505 g/mol. The van der Waals surface area contributed by atoms with Crippen molar-refractivity contribution in [1.82, 2.24) is 10.2 Å². The minimum Gasteiger partial charge on any atom is -0.347 e. The predicted molar refractivity (Wildman–Crippen MR) is 149 cm³/mol. The Labute approximate surface area is 228 Å². The summed E-state index contributed by atoms with van der Waals surface area (Å²) in [5.74, 6) is 0.116. The first-order valence-electron chi connectivity index (χ1n) is 12.7. The summed E-state index contributed by atoms with van der Waals surface area (Å²) in [6.45, 7) is 4.05. The number of amides is 2. The van der Waals surface area contributed by atoms with Crippen molar-refractivity contribution in [2.75, 3.05) is 25.0 Å². The third-order valence-electron chi connectivity index (χ3n) is 7.91. The van der Waals surface area contributed by atoms with E-state index in [0.29, 0.717) is 10.0 Å². The number of piperidine rings is 1. The molecule has 5 rings (SSSR count). The summed E-state index contributed by atoms with van der Waals surface area (Å²) in [5, 5.41) is 7.30. The maximum absolute atomic E-state index is 13.7. The molecule has 5 nitrogen and oxygen atoms in total. The van der Waals surface area contributed by atoms with Crippen LogP contribution in [0.5, 0.6) is 0 Å². The lowest BCUT2D eigenvalue weighted by molar-refractivity contribution is -0.122. The largest absolute Gasteiger partial charge is 0.347 e. The number of rotatable bonds is 7. The lowest BCUT2D eigenvalue weighted by Gasteiger charge is -2.43. The minimum atomic E-state index is -0.657. The second-order valence-electron chi connectivity index (χ2n) is 10.3. The number of benzene rings is 3. The maximum atomic E-state index is 13.7. The highest BCUT2D eigenvalue weighted by atomic mass is 35.5. The zero-order chi connectivity index (χ0) is 26.0. The molecule has 2 N–H and O–H groups in total. The summed E-state index contributed by atoms with van der Waals surface area (Å²) >= 11 is 12.6. The summed E-state index contributed by atoms with van der Waals surface area (Å²) in [5.41, 5.74) is 1.80. The fourth-order valence-corrected chi connectivity index (χ4v) is 6.16. The summed E-state index contributed by atoms with van der Waals surface area (Å²) in [6.07, 6.45) is 2.38. The van der Waals surface area contributed by atoms with Crippen molar-refractivity contribution in [1.29, 1.82) is 0 Å². The first-order valence-corrected chi connectivity index (χ1v) is 13.5. The molecule has 7 heteroatoms. The van der Waals surface area contributed by atoms with Crippen molar-refractivity contribution in [2.24, 2.45) is 5.92 Å². The van der Waals surface area contributed by atoms with Gasteiger partial charge in [0, 0.05) is 32.2 Å². The molecule has 2 fully saturated rings. The van der Waals surface area contributed by atoms with Gasteiger partial charge in [-0.3, -0.25) is 9.59 Å². The number of halogens is 2. The molecule has 0 aromatic heterocycles. The molecule has 192 valence electrons. The number of hydrogen-bond donors (Lipinski definition) is 2. The third kappa shape index (κ3) is 5.26. The van der Waals surface area contributed by atoms with Crippen LogP contribution < -0.4 is 10.6 Å². The zero-order valence-corrected chi connectivity index (χ0v) is 22.4. The van der Waals surface area contributed by atoms with Gasteiger partial charge in [-0.05, 0) is 60.6 Å². The normalized spacial score (nSPS) is 22.7. The molecule has 2 atom stereocenters. The Bertz CT molecular complexity index is 1280. The Balaban J connectivity index is 1.34. The number of carbonyl (C=O) groups is 2. The maximum Gasteiger partial charge on any atom is 0.235 e. The third-order valence-corrected chi connectivity index (χ3v) is 8.65. The van der Waals surface area contributed by atoms with Crippen LogP contribution in [0.25, 0.3) is 0 Å². The van der Waals surface area contributed by atoms with E-state index in [-0.39, 0.29) is 23.3 Å². The number of hydrogen-bond acceptors (Lipinski definition) is 3. The van der Waals surface area contributed by atoms with Crippen molar-refractivity contribution in [2.45, 2.75) is 37.1 Å². The minimum absolute atomic E-state index is 0.0176. The Kier molecular flexibility index (Phi) is 7.30. The van der Waals surface area contributed by atoms with E-state index in [4.69, 9.17) is 23.2 Å². The Morgan fingerprint density at radius 2 is 1.54 bits per heavy atom. The lowest BCUT2D eigenvalue weighted by atomic mass is 9.80. The Hall–Kier alpha value is -2.86. The molecule has 2 amide bonds. The van der Waals surface area contributed by atoms with E-state index in [9.17, 15) is 9.59 Å². The van der Waals surface area contributed by atoms with Gasteiger partial charge < -0.3 is 15.5 Å². The summed E-state index contributed by atoms with van der Waals surface area (Å²) < 4.78 is 0. The van der Waals surface area contributed by atoms with E-state index in [1.54, 1.807) is 13.0 Å². The molecule has 0 bridgehead atoms. The van der Waals surface area contributed by atoms with Gasteiger partial charge in [0.2, 0.25) is 11.8 Å². The molecule has 1 aliphatic heterocycles. The predicted octanol–water partition coefficient (Wildman–Crippen LogP) is 6.02. The van der Waals surface area contributed by atoms with Crippen LogP contribution in [0.15, 0.2) is 78.9 Å². The molecule has 0 spiro atoms. The molecule has 3 aromatic rings. The molecule has 1 aliphatic carbocycles. The van der Waals surface area contributed by atoms with Gasteiger partial charge in [-0.25, -0.2) is 0 Å². The SMILES string of the molecule is CC(=O)NC1(c2ccccc2)CCN(C[C@@H]2C[C@@]2(C(=O)Nc2ccccc2)c2ccc(Cl)c(Cl)c2)CC1. The molecule has 1 saturated heterocycles. The van der Waals surface area contributed by atoms with Crippen LogP contribution in [0.3, 0.4) is 0 Å². The van der Waals surface area contributed by atoms with Gasteiger partial charge in [0.05, 0.1) is 21.0 Å². The molecule has 3 aromatic carbocycles. The molecule has 1 heterocycles. The van der Waals surface area contributed by atoms with E-state index >= 15 is 0 Å². The monoisotopic (exact) mass is 535 g/mol. The van der Waals surface area contributed by atoms with Crippen LogP contribution >= 0.6 is 23.2 Å². The fourth-order valence-electron chi connectivity index (χ4n) is 5.86. The van der Waals surface area contributed by atoms with Gasteiger partial charge in [-0.15, -0.1) is 0 Å². The van der Waals surface area contributed by atoms with Crippen molar-refractivity contribution in [3.63, 3.8) is 0 Å². The standard InChI is InChI=1S/C30H31Cl2N3O2/c1-21(36)34-29(22-8-4-2-5-9-22)14-16-35(17-15-29)20-24-19-30(24,23-12-13-26(31)27(32)18-23)28(37)33-25-10-6-3-7-11-25/h2-13,18,24H,14-17,19-20H2,1H3,(H,33,37)(H,34,36)/t24-,30+/m0/s1. The molecule has 0 radical (unpaired) electrons. The quantitative estimate of drug-likeness (QED) is 0.389. The van der Waals surface area contributed by atoms with E-state index < -0.39 is 5.41 Å². The van der Waals surface area contributed by atoms with Gasteiger partial charge in [-0.2, -0.15) is 0 Å². The number of anilines is 1. The van der Waals surface area contributed by atoms with Crippen molar-refractivity contribution < 1.29 is 9.59 Å². The van der Waals surface area contributed by atoms with E-state index in [1.165, 1.54) is 0 Å². The average Bonchev–Trinajstić information content (AvgIpc) is 3.62. The zero-order valence-electron chi connectivity index (χ0n) is 20.8. The Morgan fingerprint density at radius 3 is 2.16 bits per heavy atom. The molecule has 37 heavy (non-hydrogen) atoms. The molecule has 0 unspecified atom stereocenters. The molecular formula is C30H31Cl2N3O2. The van der Waals surface area contributed by atoms with Gasteiger partial charge in [0.15, 0.2) is 0 Å². The van der Waals surface area contributed by atoms with Crippen LogP contribution in [-0.4, -0.2) is 36.3 Å². The summed E-state index contributed by atoms with van der Waals surface area (Å²) in [6, 6.07) is 25.3. The summed E-state index contributed by atoms with van der Waals surface area (Å²) in [4.78, 5) is 28.2. The van der Waals surface area contributed by atoms with Crippen molar-refractivity contribution in [3.05, 3.63) is 100 Å². The Morgan fingerprint density at radius 1 is 0.892 bits per heavy atom. The number of nitrogens with zero attached hydrogens (tertiary/aromatic N) is 1. The number of likely N-dealkylation sites (tertiary alicyclic amines) is 1. The van der Waals surface area contributed by atoms with Crippen LogP contribution in [0.1, 0.15) is 37.3 Å². The van der Waals surface area contributed by atoms with Gasteiger partial charge >= 0.3 is 0 Å². The van der Waals surface area contributed by atoms with Gasteiger partial charge in [0.1, 0.15) is 0 Å². The van der Waals surface area contributed by atoms with Crippen molar-refractivity contribution in [3.8, 4) is 0 Å². The fraction of sp³-hybridized carbons (Fsp3) is 0.333. The highest BCUT2D eigenvalue weighted by molar-refractivity contribution is 6.42.